The molecule has 112 valence electrons. The highest BCUT2D eigenvalue weighted by atomic mass is 35.5. The van der Waals surface area contributed by atoms with E-state index < -0.39 is 0 Å². The molecule has 0 aliphatic carbocycles. The Balaban J connectivity index is 2.06. The molecule has 1 saturated heterocycles. The maximum absolute atomic E-state index is 6.28. The molecule has 0 bridgehead atoms. The van der Waals surface area contributed by atoms with Gasteiger partial charge in [0.05, 0.1) is 22.8 Å². The number of ether oxygens (including phenoxy) is 1. The van der Waals surface area contributed by atoms with Crippen LogP contribution < -0.4 is 5.32 Å². The lowest BCUT2D eigenvalue weighted by Gasteiger charge is -2.36. The van der Waals surface area contributed by atoms with Crippen LogP contribution in [-0.2, 0) is 11.2 Å². The summed E-state index contributed by atoms with van der Waals surface area (Å²) in [5.74, 6) is 0. The predicted octanol–water partition coefficient (Wildman–Crippen LogP) is 2.84. The number of nitrogens with one attached hydrogen (secondary N) is 1. The summed E-state index contributed by atoms with van der Waals surface area (Å²) < 4.78 is 5.93. The van der Waals surface area contributed by atoms with Gasteiger partial charge < -0.3 is 10.1 Å². The van der Waals surface area contributed by atoms with Gasteiger partial charge in [-0.25, -0.2) is 0 Å². The van der Waals surface area contributed by atoms with E-state index in [2.05, 4.69) is 17.1 Å². The Morgan fingerprint density at radius 3 is 2.95 bits per heavy atom. The normalized spacial score (nSPS) is 21.9. The number of halogens is 2. The monoisotopic (exact) mass is 316 g/mol. The number of hydrogen-bond acceptors (Lipinski definition) is 3. The molecule has 2 rings (SSSR count). The highest BCUT2D eigenvalue weighted by Crippen LogP contribution is 2.27. The van der Waals surface area contributed by atoms with Crippen LogP contribution in [0.2, 0.25) is 10.0 Å². The van der Waals surface area contributed by atoms with Crippen molar-refractivity contribution in [2.24, 2.45) is 0 Å². The van der Waals surface area contributed by atoms with Gasteiger partial charge in [0.15, 0.2) is 0 Å². The number of nitrogens with zero attached hydrogens (tertiary/aromatic N) is 1. The standard InChI is InChI=1S/C15H22Cl2N2O/c1-3-19-7-8-20-14(10-19)13(18-2)9-11-5-4-6-12(16)15(11)17/h4-6,13-14,18H,3,7-10H2,1-2H3. The summed E-state index contributed by atoms with van der Waals surface area (Å²) in [6, 6.07) is 6.02. The first kappa shape index (κ1) is 16.1. The minimum absolute atomic E-state index is 0.184. The SMILES string of the molecule is CCN1CCOC(C(Cc2cccc(Cl)c2Cl)NC)C1. The van der Waals surface area contributed by atoms with Gasteiger partial charge in [0.2, 0.25) is 0 Å². The van der Waals surface area contributed by atoms with Gasteiger partial charge in [0, 0.05) is 19.1 Å². The molecule has 1 aromatic rings. The van der Waals surface area contributed by atoms with Gasteiger partial charge in [-0.3, -0.25) is 4.90 Å². The first-order chi connectivity index (χ1) is 9.65. The summed E-state index contributed by atoms with van der Waals surface area (Å²) in [5.41, 5.74) is 1.07. The summed E-state index contributed by atoms with van der Waals surface area (Å²) in [7, 11) is 1.97. The van der Waals surface area contributed by atoms with Gasteiger partial charge in [0.1, 0.15) is 0 Å². The smallest absolute Gasteiger partial charge is 0.0858 e. The van der Waals surface area contributed by atoms with Crippen molar-refractivity contribution in [1.82, 2.24) is 10.2 Å². The lowest BCUT2D eigenvalue weighted by Crippen LogP contribution is -2.52. The molecule has 1 aliphatic rings. The van der Waals surface area contributed by atoms with Crippen LogP contribution >= 0.6 is 23.2 Å². The molecule has 0 radical (unpaired) electrons. The van der Waals surface area contributed by atoms with Crippen molar-refractivity contribution in [3.63, 3.8) is 0 Å². The van der Waals surface area contributed by atoms with Crippen molar-refractivity contribution >= 4 is 23.2 Å². The third-order valence-electron chi connectivity index (χ3n) is 3.92. The van der Waals surface area contributed by atoms with Crippen molar-refractivity contribution in [3.05, 3.63) is 33.8 Å². The Labute approximate surface area is 131 Å². The van der Waals surface area contributed by atoms with Crippen molar-refractivity contribution < 1.29 is 4.74 Å². The Bertz CT molecular complexity index is 442. The number of rotatable bonds is 5. The van der Waals surface area contributed by atoms with Gasteiger partial charge >= 0.3 is 0 Å². The van der Waals surface area contributed by atoms with E-state index in [0.717, 1.165) is 38.2 Å². The average Bonchev–Trinajstić information content (AvgIpc) is 2.49. The molecular formula is C15H22Cl2N2O. The van der Waals surface area contributed by atoms with Crippen LogP contribution in [0.25, 0.3) is 0 Å². The molecular weight excluding hydrogens is 295 g/mol. The van der Waals surface area contributed by atoms with E-state index in [1.807, 2.05) is 25.2 Å². The zero-order valence-electron chi connectivity index (χ0n) is 12.0. The molecule has 0 amide bonds. The molecule has 2 unspecified atom stereocenters. The van der Waals surface area contributed by atoms with E-state index in [4.69, 9.17) is 27.9 Å². The third kappa shape index (κ3) is 3.86. The molecule has 0 aromatic heterocycles. The van der Waals surface area contributed by atoms with E-state index >= 15 is 0 Å². The van der Waals surface area contributed by atoms with E-state index in [9.17, 15) is 0 Å². The molecule has 1 N–H and O–H groups in total. The fourth-order valence-corrected chi connectivity index (χ4v) is 3.02. The summed E-state index contributed by atoms with van der Waals surface area (Å²) in [4.78, 5) is 2.41. The fraction of sp³-hybridized carbons (Fsp3) is 0.600. The molecule has 1 aromatic carbocycles. The highest BCUT2D eigenvalue weighted by molar-refractivity contribution is 6.42. The van der Waals surface area contributed by atoms with Gasteiger partial charge in [-0.2, -0.15) is 0 Å². The van der Waals surface area contributed by atoms with Crippen LogP contribution in [0.15, 0.2) is 18.2 Å². The number of benzene rings is 1. The Morgan fingerprint density at radius 2 is 2.25 bits per heavy atom. The van der Waals surface area contributed by atoms with Crippen LogP contribution in [-0.4, -0.2) is 50.3 Å². The number of likely N-dealkylation sites (N-methyl/N-ethyl adjacent to an activating group) is 2. The second-order valence-corrected chi connectivity index (χ2v) is 5.90. The minimum atomic E-state index is 0.184. The fourth-order valence-electron chi connectivity index (χ4n) is 2.62. The minimum Gasteiger partial charge on any atom is -0.374 e. The summed E-state index contributed by atoms with van der Waals surface area (Å²) in [6.45, 7) is 6.01. The predicted molar refractivity (Wildman–Crippen MR) is 84.9 cm³/mol. The molecule has 1 heterocycles. The van der Waals surface area contributed by atoms with Crippen molar-refractivity contribution in [2.75, 3.05) is 33.3 Å². The lowest BCUT2D eigenvalue weighted by atomic mass is 10.00. The van der Waals surface area contributed by atoms with Crippen LogP contribution in [0.3, 0.4) is 0 Å². The summed E-state index contributed by atoms with van der Waals surface area (Å²) in [5, 5.41) is 4.62. The first-order valence-electron chi connectivity index (χ1n) is 7.09. The maximum Gasteiger partial charge on any atom is 0.0858 e. The molecule has 1 fully saturated rings. The van der Waals surface area contributed by atoms with E-state index in [1.54, 1.807) is 0 Å². The Morgan fingerprint density at radius 1 is 1.45 bits per heavy atom. The van der Waals surface area contributed by atoms with Gasteiger partial charge in [0.25, 0.3) is 0 Å². The van der Waals surface area contributed by atoms with E-state index in [1.165, 1.54) is 0 Å². The first-order valence-corrected chi connectivity index (χ1v) is 7.85. The zero-order valence-corrected chi connectivity index (χ0v) is 13.5. The maximum atomic E-state index is 6.28. The average molecular weight is 317 g/mol. The quantitative estimate of drug-likeness (QED) is 0.904. The van der Waals surface area contributed by atoms with E-state index in [0.29, 0.717) is 10.0 Å². The van der Waals surface area contributed by atoms with Crippen molar-refractivity contribution in [3.8, 4) is 0 Å². The molecule has 0 saturated carbocycles. The van der Waals surface area contributed by atoms with Crippen LogP contribution in [0, 0.1) is 0 Å². The highest BCUT2D eigenvalue weighted by Gasteiger charge is 2.27. The largest absolute Gasteiger partial charge is 0.374 e. The van der Waals surface area contributed by atoms with Gasteiger partial charge in [-0.05, 0) is 31.6 Å². The second kappa shape index (κ2) is 7.62. The molecule has 3 nitrogen and oxygen atoms in total. The van der Waals surface area contributed by atoms with E-state index in [-0.39, 0.29) is 12.1 Å². The number of morpholine rings is 1. The third-order valence-corrected chi connectivity index (χ3v) is 4.77. The zero-order chi connectivity index (χ0) is 14.5. The number of hydrogen-bond donors (Lipinski definition) is 1. The molecule has 20 heavy (non-hydrogen) atoms. The Hall–Kier alpha value is -0.320. The van der Waals surface area contributed by atoms with Gasteiger partial charge in [-0.1, -0.05) is 42.3 Å². The molecule has 5 heteroatoms. The topological polar surface area (TPSA) is 24.5 Å². The van der Waals surface area contributed by atoms with Crippen molar-refractivity contribution in [2.45, 2.75) is 25.5 Å². The van der Waals surface area contributed by atoms with Gasteiger partial charge in [-0.15, -0.1) is 0 Å². The molecule has 2 atom stereocenters. The van der Waals surface area contributed by atoms with Crippen LogP contribution in [0.5, 0.6) is 0 Å². The van der Waals surface area contributed by atoms with Crippen LogP contribution in [0.4, 0.5) is 0 Å². The Kier molecular flexibility index (Phi) is 6.12. The lowest BCUT2D eigenvalue weighted by molar-refractivity contribution is -0.0436. The summed E-state index contributed by atoms with van der Waals surface area (Å²) >= 11 is 12.4. The van der Waals surface area contributed by atoms with Crippen LogP contribution in [0.1, 0.15) is 12.5 Å². The van der Waals surface area contributed by atoms with Crippen molar-refractivity contribution in [1.29, 1.82) is 0 Å². The molecule has 0 spiro atoms. The second-order valence-electron chi connectivity index (χ2n) is 5.11. The molecule has 1 aliphatic heterocycles. The summed E-state index contributed by atoms with van der Waals surface area (Å²) in [6.07, 6.45) is 1.00.